The molecule has 0 aliphatic carbocycles. The van der Waals surface area contributed by atoms with Crippen molar-refractivity contribution < 1.29 is 26.7 Å². The van der Waals surface area contributed by atoms with Gasteiger partial charge in [0.15, 0.2) is 0 Å². The maximum absolute atomic E-state index is 10.0. The molecule has 5 nitrogen and oxygen atoms in total. The molecule has 10 heavy (non-hydrogen) atoms. The third-order valence-electron chi connectivity index (χ3n) is 0.500. The summed E-state index contributed by atoms with van der Waals surface area (Å²) in [6, 6.07) is 0. The molecule has 0 heterocycles. The number of hydrogen-bond acceptors (Lipinski definition) is 5. The number of ether oxygens (including phenoxy) is 3. The molecule has 0 spiro atoms. The molecule has 0 aliphatic heterocycles. The Morgan fingerprint density at radius 2 is 1.40 bits per heavy atom. The molecule has 0 N–H and O–H groups in total. The first-order valence-electron chi connectivity index (χ1n) is 2.04. The second-order valence-electron chi connectivity index (χ2n) is 1.01. The van der Waals surface area contributed by atoms with Crippen LogP contribution in [0.15, 0.2) is 0 Å². The van der Waals surface area contributed by atoms with Gasteiger partial charge >= 0.3 is 12.3 Å². The molecular formula is C4H10MgO5. The predicted molar refractivity (Wildman–Crippen MR) is 35.9 cm³/mol. The van der Waals surface area contributed by atoms with Gasteiger partial charge in [0, 0.05) is 25.9 Å². The summed E-state index contributed by atoms with van der Waals surface area (Å²) in [4.78, 5) is 20.1. The summed E-state index contributed by atoms with van der Waals surface area (Å²) in [6.07, 6.45) is -2.16. The lowest BCUT2D eigenvalue weighted by atomic mass is 11.2. The normalized spacial score (nSPS) is 7.00. The number of methoxy groups -OCH3 is 2. The third-order valence-corrected chi connectivity index (χ3v) is 0.500. The van der Waals surface area contributed by atoms with Crippen LogP contribution in [0.25, 0.3) is 0 Å². The highest BCUT2D eigenvalue weighted by molar-refractivity contribution is 5.76. The highest BCUT2D eigenvalue weighted by atomic mass is 24.3. The first kappa shape index (κ1) is 12.2. The largest absolute Gasteiger partial charge is 0.518 e. The second-order valence-corrected chi connectivity index (χ2v) is 1.01. The Hall–Kier alpha value is -0.494. The zero-order valence-corrected chi connectivity index (χ0v) is 7.16. The third kappa shape index (κ3) is 5.64. The van der Waals surface area contributed by atoms with Crippen molar-refractivity contribution in [2.75, 3.05) is 14.2 Å². The van der Waals surface area contributed by atoms with Crippen molar-refractivity contribution in [1.29, 1.82) is 0 Å². The first-order chi connectivity index (χ1) is 4.20. The molecule has 0 unspecified atom stereocenters. The van der Waals surface area contributed by atoms with Crippen LogP contribution in [-0.4, -0.2) is 49.6 Å². The lowest BCUT2D eigenvalue weighted by Gasteiger charge is -1.96. The Labute approximate surface area is 76.7 Å². The lowest BCUT2D eigenvalue weighted by Crippen LogP contribution is -2.11. The van der Waals surface area contributed by atoms with Crippen LogP contribution in [0.4, 0.5) is 9.59 Å². The van der Waals surface area contributed by atoms with Crippen LogP contribution in [0.2, 0.25) is 0 Å². The van der Waals surface area contributed by atoms with Crippen LogP contribution in [-0.2, 0) is 14.2 Å². The van der Waals surface area contributed by atoms with Crippen LogP contribution in [0.5, 0.6) is 0 Å². The number of carbonyl (C=O) groups excluding carboxylic acids is 2. The fourth-order valence-corrected chi connectivity index (χ4v) is 0.151. The van der Waals surface area contributed by atoms with Crippen molar-refractivity contribution in [3.8, 4) is 0 Å². The molecule has 0 bridgehead atoms. The number of rotatable bonds is 0. The minimum atomic E-state index is -1.08. The average molecular weight is 162 g/mol. The van der Waals surface area contributed by atoms with Gasteiger partial charge < -0.3 is 14.2 Å². The molecule has 0 rings (SSSR count). The SMILES string of the molecule is COC(=O)OC(=O)OC.[HH].[HH].[Mg]. The smallest absolute Gasteiger partial charge is 0.437 e. The summed E-state index contributed by atoms with van der Waals surface area (Å²) >= 11 is 0. The van der Waals surface area contributed by atoms with Crippen molar-refractivity contribution in [1.82, 2.24) is 0 Å². The van der Waals surface area contributed by atoms with Crippen molar-refractivity contribution in [3.05, 3.63) is 0 Å². The summed E-state index contributed by atoms with van der Waals surface area (Å²) in [5.74, 6) is 0. The van der Waals surface area contributed by atoms with E-state index < -0.39 is 12.3 Å². The Morgan fingerprint density at radius 3 is 1.60 bits per heavy atom. The molecule has 0 fully saturated rings. The van der Waals surface area contributed by atoms with E-state index in [0.717, 1.165) is 14.2 Å². The molecule has 58 valence electrons. The zero-order valence-electron chi connectivity index (χ0n) is 5.75. The fraction of sp³-hybridized carbons (Fsp3) is 0.500. The van der Waals surface area contributed by atoms with Gasteiger partial charge in [0.1, 0.15) is 0 Å². The molecule has 2 radical (unpaired) electrons. The van der Waals surface area contributed by atoms with Crippen LogP contribution in [0.1, 0.15) is 2.85 Å². The van der Waals surface area contributed by atoms with Gasteiger partial charge in [0.05, 0.1) is 14.2 Å². The Bertz CT molecular complexity index is 117. The van der Waals surface area contributed by atoms with Crippen molar-refractivity contribution in [2.45, 2.75) is 0 Å². The highest BCUT2D eigenvalue weighted by Crippen LogP contribution is 1.85. The molecule has 0 aromatic carbocycles. The summed E-state index contributed by atoms with van der Waals surface area (Å²) in [6.45, 7) is 0. The number of hydrogen-bond donors (Lipinski definition) is 0. The standard InChI is InChI=1S/C4H6O5.Mg.2H2/c1-7-3(5)9-4(6)8-2;;;/h1-2H3;;2*1H. The van der Waals surface area contributed by atoms with Crippen LogP contribution < -0.4 is 0 Å². The Kier molecular flexibility index (Phi) is 8.09. The van der Waals surface area contributed by atoms with E-state index in [1.54, 1.807) is 0 Å². The van der Waals surface area contributed by atoms with E-state index in [1.165, 1.54) is 0 Å². The predicted octanol–water partition coefficient (Wildman–Crippen LogP) is 0.647. The van der Waals surface area contributed by atoms with E-state index in [9.17, 15) is 9.59 Å². The van der Waals surface area contributed by atoms with E-state index in [4.69, 9.17) is 0 Å². The van der Waals surface area contributed by atoms with E-state index in [1.807, 2.05) is 0 Å². The summed E-state index contributed by atoms with van der Waals surface area (Å²) in [5, 5.41) is 0. The molecule has 0 aromatic rings. The van der Waals surface area contributed by atoms with Crippen LogP contribution in [0, 0.1) is 0 Å². The molecule has 0 amide bonds. The van der Waals surface area contributed by atoms with Gasteiger partial charge in [-0.05, 0) is 0 Å². The minimum Gasteiger partial charge on any atom is -0.437 e. The van der Waals surface area contributed by atoms with E-state index in [2.05, 4.69) is 14.2 Å². The summed E-state index contributed by atoms with van der Waals surface area (Å²) in [7, 11) is 2.18. The highest BCUT2D eigenvalue weighted by Gasteiger charge is 2.07. The molecule has 6 heteroatoms. The maximum Gasteiger partial charge on any atom is 0.518 e. The van der Waals surface area contributed by atoms with Gasteiger partial charge in [0.2, 0.25) is 0 Å². The van der Waals surface area contributed by atoms with Gasteiger partial charge in [-0.25, -0.2) is 9.59 Å². The van der Waals surface area contributed by atoms with E-state index in [-0.39, 0.29) is 25.9 Å². The fourth-order valence-electron chi connectivity index (χ4n) is 0.151. The average Bonchev–Trinajstić information content (AvgIpc) is 1.87. The molecular weight excluding hydrogens is 152 g/mol. The van der Waals surface area contributed by atoms with E-state index in [0.29, 0.717) is 0 Å². The van der Waals surface area contributed by atoms with Gasteiger partial charge in [-0.15, -0.1) is 0 Å². The number of carbonyl (C=O) groups is 2. The monoisotopic (exact) mass is 162 g/mol. The zero-order chi connectivity index (χ0) is 7.28. The Morgan fingerprint density at radius 1 is 1.10 bits per heavy atom. The maximum atomic E-state index is 10.0. The van der Waals surface area contributed by atoms with Gasteiger partial charge in [-0.1, -0.05) is 0 Å². The van der Waals surface area contributed by atoms with E-state index >= 15 is 0 Å². The van der Waals surface area contributed by atoms with Crippen LogP contribution >= 0.6 is 0 Å². The molecule has 0 atom stereocenters. The van der Waals surface area contributed by atoms with Gasteiger partial charge in [-0.2, -0.15) is 0 Å². The topological polar surface area (TPSA) is 61.8 Å². The lowest BCUT2D eigenvalue weighted by molar-refractivity contribution is 0.0568. The van der Waals surface area contributed by atoms with Crippen molar-refractivity contribution in [3.63, 3.8) is 0 Å². The summed E-state index contributed by atoms with van der Waals surface area (Å²) < 4.78 is 11.7. The molecule has 0 aliphatic rings. The van der Waals surface area contributed by atoms with Gasteiger partial charge in [0.25, 0.3) is 0 Å². The molecule has 0 saturated carbocycles. The summed E-state index contributed by atoms with van der Waals surface area (Å²) in [5.41, 5.74) is 0. The molecule has 0 aromatic heterocycles. The molecule has 0 saturated heterocycles. The quantitative estimate of drug-likeness (QED) is 0.297. The Balaban J connectivity index is -0.000000107. The van der Waals surface area contributed by atoms with Crippen molar-refractivity contribution in [2.24, 2.45) is 0 Å². The first-order valence-corrected chi connectivity index (χ1v) is 2.04. The van der Waals surface area contributed by atoms with Gasteiger partial charge in [-0.3, -0.25) is 0 Å². The minimum absolute atomic E-state index is 0. The second kappa shape index (κ2) is 6.62. The van der Waals surface area contributed by atoms with Crippen molar-refractivity contribution >= 4 is 35.4 Å². The van der Waals surface area contributed by atoms with Crippen LogP contribution in [0.3, 0.4) is 0 Å².